The van der Waals surface area contributed by atoms with Crippen LogP contribution in [0.1, 0.15) is 30.0 Å². The van der Waals surface area contributed by atoms with Crippen molar-refractivity contribution in [2.24, 2.45) is 0 Å². The topological polar surface area (TPSA) is 47.7 Å². The number of rotatable bonds is 3. The van der Waals surface area contributed by atoms with Crippen LogP contribution in [0.3, 0.4) is 0 Å². The summed E-state index contributed by atoms with van der Waals surface area (Å²) in [5, 5.41) is 0. The molecule has 120 valence electrons. The summed E-state index contributed by atoms with van der Waals surface area (Å²) in [6.07, 6.45) is 2.41. The maximum Gasteiger partial charge on any atom is 0.161 e. The van der Waals surface area contributed by atoms with Crippen molar-refractivity contribution < 1.29 is 9.47 Å². The van der Waals surface area contributed by atoms with Gasteiger partial charge in [-0.2, -0.15) is 0 Å². The Bertz CT molecular complexity index is 702. The van der Waals surface area contributed by atoms with Gasteiger partial charge in [-0.3, -0.25) is 4.90 Å². The summed E-state index contributed by atoms with van der Waals surface area (Å²) in [5.41, 5.74) is 9.33. The third-order valence-corrected chi connectivity index (χ3v) is 4.65. The number of benzene rings is 2. The molecule has 0 bridgehead atoms. The van der Waals surface area contributed by atoms with E-state index >= 15 is 0 Å². The fourth-order valence-electron chi connectivity index (χ4n) is 3.59. The van der Waals surface area contributed by atoms with Crippen LogP contribution >= 0.6 is 0 Å². The zero-order valence-corrected chi connectivity index (χ0v) is 13.2. The second kappa shape index (κ2) is 6.13. The smallest absolute Gasteiger partial charge is 0.161 e. The largest absolute Gasteiger partial charge is 0.486 e. The number of hydrogen-bond acceptors (Lipinski definition) is 4. The number of anilines is 1. The highest BCUT2D eigenvalue weighted by Crippen LogP contribution is 2.38. The first kappa shape index (κ1) is 14.4. The van der Waals surface area contributed by atoms with Crippen LogP contribution in [0.5, 0.6) is 11.5 Å². The summed E-state index contributed by atoms with van der Waals surface area (Å²) >= 11 is 0. The molecule has 0 radical (unpaired) electrons. The lowest BCUT2D eigenvalue weighted by atomic mass is 10.0. The Balaban J connectivity index is 1.55. The molecule has 0 aromatic heterocycles. The third-order valence-electron chi connectivity index (χ3n) is 4.65. The van der Waals surface area contributed by atoms with E-state index in [1.165, 1.54) is 24.0 Å². The van der Waals surface area contributed by atoms with Gasteiger partial charge >= 0.3 is 0 Å². The molecule has 2 aromatic carbocycles. The maximum atomic E-state index is 5.91. The number of nitrogen functional groups attached to an aromatic ring is 1. The molecule has 0 aliphatic carbocycles. The summed E-state index contributed by atoms with van der Waals surface area (Å²) in [7, 11) is 0. The molecule has 2 aliphatic heterocycles. The van der Waals surface area contributed by atoms with Crippen LogP contribution in [-0.2, 0) is 6.54 Å². The van der Waals surface area contributed by atoms with E-state index in [9.17, 15) is 0 Å². The van der Waals surface area contributed by atoms with Crippen LogP contribution in [0.25, 0.3) is 0 Å². The Morgan fingerprint density at radius 2 is 1.91 bits per heavy atom. The molecule has 4 rings (SSSR count). The number of ether oxygens (including phenoxy) is 2. The standard InChI is InChI=1S/C19H22N2O2/c20-16-4-1-3-14(11-16)13-21-8-2-5-17(21)15-6-7-18-19(12-15)23-10-9-22-18/h1,3-4,6-7,11-12,17H,2,5,8-10,13,20H2. The van der Waals surface area contributed by atoms with Crippen LogP contribution < -0.4 is 15.2 Å². The van der Waals surface area contributed by atoms with E-state index in [2.05, 4.69) is 29.2 Å². The van der Waals surface area contributed by atoms with Gasteiger partial charge in [0.15, 0.2) is 11.5 Å². The average molecular weight is 310 g/mol. The van der Waals surface area contributed by atoms with E-state index < -0.39 is 0 Å². The highest BCUT2D eigenvalue weighted by molar-refractivity contribution is 5.45. The van der Waals surface area contributed by atoms with Crippen molar-refractivity contribution in [3.05, 3.63) is 53.6 Å². The Morgan fingerprint density at radius 1 is 1.04 bits per heavy atom. The van der Waals surface area contributed by atoms with Gasteiger partial charge in [0.1, 0.15) is 13.2 Å². The van der Waals surface area contributed by atoms with Crippen LogP contribution in [0, 0.1) is 0 Å². The lowest BCUT2D eigenvalue weighted by Crippen LogP contribution is -2.23. The first-order chi connectivity index (χ1) is 11.3. The predicted octanol–water partition coefficient (Wildman–Crippen LogP) is 3.38. The number of likely N-dealkylation sites (tertiary alicyclic amines) is 1. The second-order valence-electron chi connectivity index (χ2n) is 6.28. The first-order valence-electron chi connectivity index (χ1n) is 8.27. The van der Waals surface area contributed by atoms with Crippen molar-refractivity contribution in [3.63, 3.8) is 0 Å². The molecule has 2 aliphatic rings. The monoisotopic (exact) mass is 310 g/mol. The van der Waals surface area contributed by atoms with E-state index in [1.807, 2.05) is 18.2 Å². The molecule has 0 spiro atoms. The molecule has 1 atom stereocenters. The normalized spacial score (nSPS) is 20.6. The summed E-state index contributed by atoms with van der Waals surface area (Å²) in [6, 6.07) is 15.0. The Hall–Kier alpha value is -2.20. The van der Waals surface area contributed by atoms with Gasteiger partial charge < -0.3 is 15.2 Å². The van der Waals surface area contributed by atoms with Gasteiger partial charge in [-0.15, -0.1) is 0 Å². The molecular weight excluding hydrogens is 288 g/mol. The van der Waals surface area contributed by atoms with Crippen molar-refractivity contribution in [1.29, 1.82) is 0 Å². The SMILES string of the molecule is Nc1cccc(CN2CCCC2c2ccc3c(c2)OCCO3)c1. The number of nitrogens with two attached hydrogens (primary N) is 1. The molecule has 0 amide bonds. The van der Waals surface area contributed by atoms with E-state index in [4.69, 9.17) is 15.2 Å². The quantitative estimate of drug-likeness (QED) is 0.883. The molecule has 2 N–H and O–H groups in total. The molecule has 0 saturated carbocycles. The molecule has 2 heterocycles. The molecular formula is C19H22N2O2. The summed E-state index contributed by atoms with van der Waals surface area (Å²) < 4.78 is 11.4. The average Bonchev–Trinajstić information content (AvgIpc) is 3.02. The minimum atomic E-state index is 0.437. The molecule has 2 aromatic rings. The number of hydrogen-bond donors (Lipinski definition) is 1. The van der Waals surface area contributed by atoms with Crippen LogP contribution in [-0.4, -0.2) is 24.7 Å². The third kappa shape index (κ3) is 2.99. The second-order valence-corrected chi connectivity index (χ2v) is 6.28. The minimum absolute atomic E-state index is 0.437. The van der Waals surface area contributed by atoms with Gasteiger partial charge in [0, 0.05) is 18.3 Å². The van der Waals surface area contributed by atoms with Crippen molar-refractivity contribution in [3.8, 4) is 11.5 Å². The molecule has 1 unspecified atom stereocenters. The fraction of sp³-hybridized carbons (Fsp3) is 0.368. The molecule has 4 nitrogen and oxygen atoms in total. The zero-order chi connectivity index (χ0) is 15.6. The van der Waals surface area contributed by atoms with Gasteiger partial charge in [0.05, 0.1) is 0 Å². The molecule has 4 heteroatoms. The van der Waals surface area contributed by atoms with E-state index in [1.54, 1.807) is 0 Å². The Morgan fingerprint density at radius 3 is 2.78 bits per heavy atom. The van der Waals surface area contributed by atoms with E-state index in [0.717, 1.165) is 30.3 Å². The van der Waals surface area contributed by atoms with Gasteiger partial charge in [0.25, 0.3) is 0 Å². The summed E-state index contributed by atoms with van der Waals surface area (Å²) in [4.78, 5) is 2.53. The molecule has 1 saturated heterocycles. The minimum Gasteiger partial charge on any atom is -0.486 e. The number of nitrogens with zero attached hydrogens (tertiary/aromatic N) is 1. The summed E-state index contributed by atoms with van der Waals surface area (Å²) in [5.74, 6) is 1.74. The first-order valence-corrected chi connectivity index (χ1v) is 8.27. The molecule has 1 fully saturated rings. The van der Waals surface area contributed by atoms with Crippen molar-refractivity contribution in [1.82, 2.24) is 4.90 Å². The van der Waals surface area contributed by atoms with Crippen LogP contribution in [0.4, 0.5) is 5.69 Å². The molecule has 23 heavy (non-hydrogen) atoms. The van der Waals surface area contributed by atoms with Crippen molar-refractivity contribution in [2.45, 2.75) is 25.4 Å². The van der Waals surface area contributed by atoms with Crippen LogP contribution in [0.2, 0.25) is 0 Å². The summed E-state index contributed by atoms with van der Waals surface area (Å²) in [6.45, 7) is 3.32. The fourth-order valence-corrected chi connectivity index (χ4v) is 3.59. The van der Waals surface area contributed by atoms with Crippen molar-refractivity contribution in [2.75, 3.05) is 25.5 Å². The Kier molecular flexibility index (Phi) is 3.83. The van der Waals surface area contributed by atoms with Gasteiger partial charge in [-0.05, 0) is 54.8 Å². The van der Waals surface area contributed by atoms with E-state index in [0.29, 0.717) is 19.3 Å². The van der Waals surface area contributed by atoms with Crippen LogP contribution in [0.15, 0.2) is 42.5 Å². The van der Waals surface area contributed by atoms with Gasteiger partial charge in [0.2, 0.25) is 0 Å². The lowest BCUT2D eigenvalue weighted by Gasteiger charge is -2.26. The number of fused-ring (bicyclic) bond motifs is 1. The highest BCUT2D eigenvalue weighted by Gasteiger charge is 2.27. The zero-order valence-electron chi connectivity index (χ0n) is 13.2. The van der Waals surface area contributed by atoms with E-state index in [-0.39, 0.29) is 0 Å². The van der Waals surface area contributed by atoms with Gasteiger partial charge in [-0.1, -0.05) is 18.2 Å². The maximum absolute atomic E-state index is 5.91. The Labute approximate surface area is 136 Å². The van der Waals surface area contributed by atoms with Gasteiger partial charge in [-0.25, -0.2) is 0 Å². The predicted molar refractivity (Wildman–Crippen MR) is 90.7 cm³/mol. The lowest BCUT2D eigenvalue weighted by molar-refractivity contribution is 0.170. The van der Waals surface area contributed by atoms with Crippen molar-refractivity contribution >= 4 is 5.69 Å². The highest BCUT2D eigenvalue weighted by atomic mass is 16.6.